The fraction of sp³-hybridized carbons (Fsp3) is 1.00. The first-order valence-corrected chi connectivity index (χ1v) is 7.49. The Morgan fingerprint density at radius 2 is 1.25 bits per heavy atom. The van der Waals surface area contributed by atoms with Crippen LogP contribution in [0.5, 0.6) is 0 Å². The molecule has 0 aromatic rings. The second-order valence-electron chi connectivity index (χ2n) is 3.97. The molecule has 98 valence electrons. The van der Waals surface area contributed by atoms with Gasteiger partial charge in [-0.1, -0.05) is 52.4 Å². The van der Waals surface area contributed by atoms with E-state index in [2.05, 4.69) is 13.8 Å². The van der Waals surface area contributed by atoms with Gasteiger partial charge in [-0.15, -0.1) is 0 Å². The molecule has 0 aliphatic heterocycles. The van der Waals surface area contributed by atoms with Crippen molar-refractivity contribution in [3.63, 3.8) is 0 Å². The van der Waals surface area contributed by atoms with E-state index in [4.69, 9.17) is 8.37 Å². The predicted molar refractivity (Wildman–Crippen MR) is 68.3 cm³/mol. The van der Waals surface area contributed by atoms with Gasteiger partial charge in [0, 0.05) is 0 Å². The molecule has 0 aliphatic carbocycles. The van der Waals surface area contributed by atoms with E-state index in [9.17, 15) is 4.21 Å². The molecule has 0 spiro atoms. The van der Waals surface area contributed by atoms with Gasteiger partial charge in [0.05, 0.1) is 13.2 Å². The minimum atomic E-state index is -1.53. The summed E-state index contributed by atoms with van der Waals surface area (Å²) < 4.78 is 21.1. The highest BCUT2D eigenvalue weighted by atomic mass is 32.2. The molecule has 0 saturated carbocycles. The lowest BCUT2D eigenvalue weighted by molar-refractivity contribution is 0.242. The van der Waals surface area contributed by atoms with Crippen LogP contribution >= 0.6 is 0 Å². The maximum atomic E-state index is 11.1. The van der Waals surface area contributed by atoms with Gasteiger partial charge in [0.1, 0.15) is 0 Å². The summed E-state index contributed by atoms with van der Waals surface area (Å²) in [6.45, 7) is 5.35. The smallest absolute Gasteiger partial charge is 0.268 e. The highest BCUT2D eigenvalue weighted by molar-refractivity contribution is 7.75. The topological polar surface area (TPSA) is 35.5 Å². The predicted octanol–water partition coefficient (Wildman–Crippen LogP) is 3.76. The number of hydrogen-bond acceptors (Lipinski definition) is 3. The Kier molecular flexibility index (Phi) is 13.2. The molecule has 1 atom stereocenters. The summed E-state index contributed by atoms with van der Waals surface area (Å²) in [5, 5.41) is 0. The monoisotopic (exact) mass is 250 g/mol. The Morgan fingerprint density at radius 3 is 1.88 bits per heavy atom. The van der Waals surface area contributed by atoms with Gasteiger partial charge in [0.2, 0.25) is 0 Å². The van der Waals surface area contributed by atoms with Crippen molar-refractivity contribution in [3.8, 4) is 0 Å². The first-order valence-electron chi connectivity index (χ1n) is 6.49. The molecule has 0 heterocycles. The van der Waals surface area contributed by atoms with Crippen molar-refractivity contribution in [1.29, 1.82) is 0 Å². The average molecular weight is 250 g/mol. The van der Waals surface area contributed by atoms with E-state index in [0.29, 0.717) is 13.2 Å². The third-order valence-corrected chi connectivity index (χ3v) is 3.07. The van der Waals surface area contributed by atoms with Crippen LogP contribution in [0.1, 0.15) is 65.2 Å². The number of unbranched alkanes of at least 4 members (excludes halogenated alkanes) is 6. The molecule has 3 nitrogen and oxygen atoms in total. The Morgan fingerprint density at radius 1 is 0.750 bits per heavy atom. The van der Waals surface area contributed by atoms with E-state index in [1.165, 1.54) is 25.7 Å². The van der Waals surface area contributed by atoms with Crippen LogP contribution in [0.15, 0.2) is 0 Å². The largest absolute Gasteiger partial charge is 0.304 e. The van der Waals surface area contributed by atoms with Gasteiger partial charge in [-0.2, -0.15) is 4.21 Å². The van der Waals surface area contributed by atoms with Crippen LogP contribution in [-0.2, 0) is 19.7 Å². The van der Waals surface area contributed by atoms with Crippen LogP contribution in [0.4, 0.5) is 0 Å². The van der Waals surface area contributed by atoms with Crippen LogP contribution in [0, 0.1) is 0 Å². The fourth-order valence-corrected chi connectivity index (χ4v) is 1.89. The Hall–Kier alpha value is 0.0700. The zero-order valence-corrected chi connectivity index (χ0v) is 11.5. The van der Waals surface area contributed by atoms with Gasteiger partial charge in [-0.25, -0.2) is 0 Å². The Bertz CT molecular complexity index is 162. The summed E-state index contributed by atoms with van der Waals surface area (Å²) in [5.74, 6) is 0. The second-order valence-corrected chi connectivity index (χ2v) is 4.85. The van der Waals surface area contributed by atoms with E-state index in [-0.39, 0.29) is 0 Å². The first kappa shape index (κ1) is 16.1. The molecule has 1 unspecified atom stereocenters. The minimum absolute atomic E-state index is 0.527. The summed E-state index contributed by atoms with van der Waals surface area (Å²) in [6.07, 6.45) is 9.26. The van der Waals surface area contributed by atoms with Gasteiger partial charge in [-0.05, 0) is 12.8 Å². The van der Waals surface area contributed by atoms with E-state index in [0.717, 1.165) is 25.7 Å². The molecule has 0 amide bonds. The van der Waals surface area contributed by atoms with E-state index >= 15 is 0 Å². The lowest BCUT2D eigenvalue weighted by atomic mass is 10.1. The summed E-state index contributed by atoms with van der Waals surface area (Å²) >= 11 is -1.53. The van der Waals surface area contributed by atoms with Crippen molar-refractivity contribution in [1.82, 2.24) is 0 Å². The first-order chi connectivity index (χ1) is 7.81. The van der Waals surface area contributed by atoms with Gasteiger partial charge in [0.25, 0.3) is 0 Å². The van der Waals surface area contributed by atoms with Crippen molar-refractivity contribution in [3.05, 3.63) is 0 Å². The van der Waals surface area contributed by atoms with Crippen LogP contribution in [-0.4, -0.2) is 17.4 Å². The molecule has 4 heteroatoms. The zero-order valence-electron chi connectivity index (χ0n) is 10.7. The third kappa shape index (κ3) is 12.1. The summed E-state index contributed by atoms with van der Waals surface area (Å²) in [6, 6.07) is 0. The molecule has 0 saturated heterocycles. The number of hydrogen-bond donors (Lipinski definition) is 0. The Balaban J connectivity index is 3.09. The molecule has 0 N–H and O–H groups in total. The average Bonchev–Trinajstić information content (AvgIpc) is 2.28. The molecule has 0 radical (unpaired) electrons. The molecule has 0 aromatic heterocycles. The molecule has 0 bridgehead atoms. The highest BCUT2D eigenvalue weighted by Gasteiger charge is 1.99. The van der Waals surface area contributed by atoms with Crippen molar-refractivity contribution < 1.29 is 12.6 Å². The van der Waals surface area contributed by atoms with E-state index in [1.54, 1.807) is 0 Å². The fourth-order valence-electron chi connectivity index (χ4n) is 1.31. The van der Waals surface area contributed by atoms with Crippen LogP contribution in [0.25, 0.3) is 0 Å². The summed E-state index contributed by atoms with van der Waals surface area (Å²) in [4.78, 5) is 0. The molecule has 16 heavy (non-hydrogen) atoms. The van der Waals surface area contributed by atoms with Crippen LogP contribution in [0.3, 0.4) is 0 Å². The van der Waals surface area contributed by atoms with Gasteiger partial charge in [0.15, 0.2) is 0 Å². The molecular weight excluding hydrogens is 224 g/mol. The zero-order chi connectivity index (χ0) is 12.1. The lowest BCUT2D eigenvalue weighted by Crippen LogP contribution is -2.04. The highest BCUT2D eigenvalue weighted by Crippen LogP contribution is 2.05. The molecule has 0 aromatic carbocycles. The van der Waals surface area contributed by atoms with Gasteiger partial charge in [-0.3, -0.25) is 8.37 Å². The molecule has 0 aliphatic rings. The maximum Gasteiger partial charge on any atom is 0.304 e. The maximum absolute atomic E-state index is 11.1. The normalized spacial score (nSPS) is 12.9. The second kappa shape index (κ2) is 13.1. The van der Waals surface area contributed by atoms with Crippen molar-refractivity contribution in [2.45, 2.75) is 65.2 Å². The molecular formula is C12H26O3S. The summed E-state index contributed by atoms with van der Waals surface area (Å²) in [7, 11) is 0. The van der Waals surface area contributed by atoms with Crippen molar-refractivity contribution in [2.24, 2.45) is 0 Å². The number of rotatable bonds is 12. The SMILES string of the molecule is CCCCCCCCOS(=O)OCCCC. The lowest BCUT2D eigenvalue weighted by Gasteiger charge is -2.03. The quantitative estimate of drug-likeness (QED) is 0.495. The minimum Gasteiger partial charge on any atom is -0.268 e. The standard InChI is InChI=1S/C12H26O3S/c1-3-5-7-8-9-10-12-15-16(13)14-11-6-4-2/h3-12H2,1-2H3. The summed E-state index contributed by atoms with van der Waals surface area (Å²) in [5.41, 5.74) is 0. The van der Waals surface area contributed by atoms with Crippen LogP contribution in [0.2, 0.25) is 0 Å². The van der Waals surface area contributed by atoms with Crippen molar-refractivity contribution in [2.75, 3.05) is 13.2 Å². The van der Waals surface area contributed by atoms with E-state index < -0.39 is 11.4 Å². The van der Waals surface area contributed by atoms with Crippen LogP contribution < -0.4 is 0 Å². The third-order valence-electron chi connectivity index (χ3n) is 2.35. The Labute approximate surface area is 103 Å². The van der Waals surface area contributed by atoms with E-state index in [1.807, 2.05) is 0 Å². The molecule has 0 fully saturated rings. The van der Waals surface area contributed by atoms with Crippen molar-refractivity contribution >= 4 is 11.4 Å². The molecule has 0 rings (SSSR count). The van der Waals surface area contributed by atoms with Gasteiger partial charge < -0.3 is 0 Å². The van der Waals surface area contributed by atoms with Gasteiger partial charge >= 0.3 is 11.4 Å².